The number of carbonyl (C=O) groups is 1. The molecule has 0 spiro atoms. The van der Waals surface area contributed by atoms with E-state index >= 15 is 0 Å². The maximum Gasteiger partial charge on any atom is 0.261 e. The van der Waals surface area contributed by atoms with Gasteiger partial charge in [0.25, 0.3) is 5.91 Å². The monoisotopic (exact) mass is 327 g/mol. The van der Waals surface area contributed by atoms with Gasteiger partial charge in [0.05, 0.1) is 7.11 Å². The van der Waals surface area contributed by atoms with Crippen molar-refractivity contribution in [2.75, 3.05) is 13.7 Å². The summed E-state index contributed by atoms with van der Waals surface area (Å²) >= 11 is 0. The quantitative estimate of drug-likeness (QED) is 0.716. The summed E-state index contributed by atoms with van der Waals surface area (Å²) in [5, 5.41) is 2.96. The second-order valence-electron chi connectivity index (χ2n) is 5.55. The standard InChI is InChI=1S/C20H25NO3/c1-3-17(24-19-14-8-7-13-18(19)23-2)20(22)21-15-9-12-16-10-5-4-6-11-16/h4-8,10-11,13-14,17H,3,9,12,15H2,1-2H3,(H,21,22)/t17-/m0/s1. The molecule has 0 aliphatic rings. The van der Waals surface area contributed by atoms with Gasteiger partial charge in [-0.3, -0.25) is 4.79 Å². The Labute approximate surface area is 143 Å². The fourth-order valence-corrected chi connectivity index (χ4v) is 2.45. The summed E-state index contributed by atoms with van der Waals surface area (Å²) in [4.78, 5) is 12.3. The molecule has 4 heteroatoms. The lowest BCUT2D eigenvalue weighted by Gasteiger charge is -2.18. The predicted molar refractivity (Wildman–Crippen MR) is 95.5 cm³/mol. The molecule has 1 amide bonds. The van der Waals surface area contributed by atoms with E-state index in [9.17, 15) is 4.79 Å². The highest BCUT2D eigenvalue weighted by molar-refractivity contribution is 5.81. The number of carbonyl (C=O) groups excluding carboxylic acids is 1. The molecule has 0 aliphatic heterocycles. The Morgan fingerprint density at radius 3 is 2.38 bits per heavy atom. The smallest absolute Gasteiger partial charge is 0.261 e. The first-order chi connectivity index (χ1) is 11.7. The molecule has 0 aliphatic carbocycles. The molecule has 2 aromatic carbocycles. The van der Waals surface area contributed by atoms with Crippen LogP contribution in [-0.4, -0.2) is 25.7 Å². The first-order valence-corrected chi connectivity index (χ1v) is 8.36. The third-order valence-electron chi connectivity index (χ3n) is 3.79. The van der Waals surface area contributed by atoms with Crippen LogP contribution < -0.4 is 14.8 Å². The highest BCUT2D eigenvalue weighted by Gasteiger charge is 2.19. The minimum Gasteiger partial charge on any atom is -0.493 e. The van der Waals surface area contributed by atoms with Gasteiger partial charge in [-0.25, -0.2) is 0 Å². The minimum absolute atomic E-state index is 0.0866. The van der Waals surface area contributed by atoms with Crippen LogP contribution in [0.5, 0.6) is 11.5 Å². The molecule has 24 heavy (non-hydrogen) atoms. The number of nitrogens with one attached hydrogen (secondary N) is 1. The average molecular weight is 327 g/mol. The number of amides is 1. The van der Waals surface area contributed by atoms with Gasteiger partial charge in [-0.15, -0.1) is 0 Å². The first-order valence-electron chi connectivity index (χ1n) is 8.36. The number of hydrogen-bond acceptors (Lipinski definition) is 3. The van der Waals surface area contributed by atoms with Crippen molar-refractivity contribution in [2.45, 2.75) is 32.3 Å². The lowest BCUT2D eigenvalue weighted by Crippen LogP contribution is -2.38. The van der Waals surface area contributed by atoms with Crippen LogP contribution in [-0.2, 0) is 11.2 Å². The van der Waals surface area contributed by atoms with Gasteiger partial charge in [0.1, 0.15) is 0 Å². The van der Waals surface area contributed by atoms with Crippen LogP contribution in [0, 0.1) is 0 Å². The van der Waals surface area contributed by atoms with Gasteiger partial charge in [-0.1, -0.05) is 49.4 Å². The zero-order valence-electron chi connectivity index (χ0n) is 14.3. The van der Waals surface area contributed by atoms with Gasteiger partial charge >= 0.3 is 0 Å². The Bertz CT molecular complexity index is 628. The number of methoxy groups -OCH3 is 1. The largest absolute Gasteiger partial charge is 0.493 e. The first kappa shape index (κ1) is 17.9. The average Bonchev–Trinajstić information content (AvgIpc) is 2.64. The van der Waals surface area contributed by atoms with Gasteiger partial charge in [-0.05, 0) is 37.0 Å². The van der Waals surface area contributed by atoms with Crippen LogP contribution >= 0.6 is 0 Å². The van der Waals surface area contributed by atoms with Gasteiger partial charge in [-0.2, -0.15) is 0 Å². The van der Waals surface area contributed by atoms with Crippen LogP contribution in [0.15, 0.2) is 54.6 Å². The van der Waals surface area contributed by atoms with Gasteiger partial charge < -0.3 is 14.8 Å². The number of benzene rings is 2. The van der Waals surface area contributed by atoms with Gasteiger partial charge in [0, 0.05) is 6.54 Å². The third-order valence-corrected chi connectivity index (χ3v) is 3.79. The molecule has 0 saturated carbocycles. The van der Waals surface area contributed by atoms with Crippen LogP contribution in [0.3, 0.4) is 0 Å². The summed E-state index contributed by atoms with van der Waals surface area (Å²) in [5.41, 5.74) is 1.28. The predicted octanol–water partition coefficient (Wildman–Crippen LogP) is 3.60. The number of para-hydroxylation sites is 2. The fourth-order valence-electron chi connectivity index (χ4n) is 2.45. The number of ether oxygens (including phenoxy) is 2. The second-order valence-corrected chi connectivity index (χ2v) is 5.55. The molecule has 128 valence electrons. The van der Waals surface area contributed by atoms with Crippen LogP contribution in [0.4, 0.5) is 0 Å². The number of rotatable bonds is 9. The summed E-state index contributed by atoms with van der Waals surface area (Å²) in [6, 6.07) is 17.6. The maximum atomic E-state index is 12.3. The Kier molecular flexibility index (Phi) is 7.15. The molecule has 0 unspecified atom stereocenters. The molecule has 1 N–H and O–H groups in total. The second kappa shape index (κ2) is 9.60. The summed E-state index contributed by atoms with van der Waals surface area (Å²) < 4.78 is 11.1. The minimum atomic E-state index is -0.516. The zero-order valence-corrected chi connectivity index (χ0v) is 14.3. The Morgan fingerprint density at radius 1 is 1.04 bits per heavy atom. The highest BCUT2D eigenvalue weighted by Crippen LogP contribution is 2.27. The molecular formula is C20H25NO3. The molecule has 0 bridgehead atoms. The SMILES string of the molecule is CC[C@H](Oc1ccccc1OC)C(=O)NCCCc1ccccc1. The van der Waals surface area contributed by atoms with E-state index in [2.05, 4.69) is 17.4 Å². The molecule has 0 aromatic heterocycles. The van der Waals surface area contributed by atoms with E-state index in [1.807, 2.05) is 49.4 Å². The van der Waals surface area contributed by atoms with E-state index < -0.39 is 6.10 Å². The van der Waals surface area contributed by atoms with Crippen molar-refractivity contribution in [2.24, 2.45) is 0 Å². The molecule has 0 heterocycles. The van der Waals surface area contributed by atoms with Crippen molar-refractivity contribution in [3.63, 3.8) is 0 Å². The number of aryl methyl sites for hydroxylation is 1. The lowest BCUT2D eigenvalue weighted by atomic mass is 10.1. The van der Waals surface area contributed by atoms with E-state index in [4.69, 9.17) is 9.47 Å². The third kappa shape index (κ3) is 5.30. The van der Waals surface area contributed by atoms with E-state index in [-0.39, 0.29) is 5.91 Å². The highest BCUT2D eigenvalue weighted by atomic mass is 16.5. The molecule has 2 rings (SSSR count). The van der Waals surface area contributed by atoms with E-state index in [1.54, 1.807) is 7.11 Å². The van der Waals surface area contributed by atoms with E-state index in [1.165, 1.54) is 5.56 Å². The van der Waals surface area contributed by atoms with Crippen molar-refractivity contribution in [1.82, 2.24) is 5.32 Å². The molecule has 0 radical (unpaired) electrons. The van der Waals surface area contributed by atoms with Crippen LogP contribution in [0.1, 0.15) is 25.3 Å². The number of hydrogen-bond donors (Lipinski definition) is 1. The maximum absolute atomic E-state index is 12.3. The fraction of sp³-hybridized carbons (Fsp3) is 0.350. The van der Waals surface area contributed by atoms with Crippen molar-refractivity contribution in [1.29, 1.82) is 0 Å². The van der Waals surface area contributed by atoms with Crippen LogP contribution in [0.2, 0.25) is 0 Å². The Morgan fingerprint density at radius 2 is 1.71 bits per heavy atom. The van der Waals surface area contributed by atoms with Crippen molar-refractivity contribution >= 4 is 5.91 Å². The molecule has 0 saturated heterocycles. The van der Waals surface area contributed by atoms with Crippen molar-refractivity contribution < 1.29 is 14.3 Å². The molecule has 0 fully saturated rings. The molecule has 4 nitrogen and oxygen atoms in total. The van der Waals surface area contributed by atoms with E-state index in [0.29, 0.717) is 24.5 Å². The lowest BCUT2D eigenvalue weighted by molar-refractivity contribution is -0.128. The zero-order chi connectivity index (χ0) is 17.2. The van der Waals surface area contributed by atoms with E-state index in [0.717, 1.165) is 12.8 Å². The topological polar surface area (TPSA) is 47.6 Å². The Hall–Kier alpha value is -2.49. The molecular weight excluding hydrogens is 302 g/mol. The van der Waals surface area contributed by atoms with Crippen LogP contribution in [0.25, 0.3) is 0 Å². The van der Waals surface area contributed by atoms with Crippen molar-refractivity contribution in [3.05, 3.63) is 60.2 Å². The summed E-state index contributed by atoms with van der Waals surface area (Å²) in [5.74, 6) is 1.13. The van der Waals surface area contributed by atoms with Gasteiger partial charge in [0.15, 0.2) is 17.6 Å². The molecule has 1 atom stereocenters. The molecule has 2 aromatic rings. The Balaban J connectivity index is 1.81. The van der Waals surface area contributed by atoms with Gasteiger partial charge in [0.2, 0.25) is 0 Å². The normalized spacial score (nSPS) is 11.6. The summed E-state index contributed by atoms with van der Waals surface area (Å²) in [7, 11) is 1.59. The van der Waals surface area contributed by atoms with Crippen molar-refractivity contribution in [3.8, 4) is 11.5 Å². The summed E-state index contributed by atoms with van der Waals surface area (Å²) in [6.45, 7) is 2.57. The summed E-state index contributed by atoms with van der Waals surface area (Å²) in [6.07, 6.45) is 1.94.